The lowest BCUT2D eigenvalue weighted by atomic mass is 9.78. The summed E-state index contributed by atoms with van der Waals surface area (Å²) in [5, 5.41) is 5.64. The Balaban J connectivity index is 1.81. The lowest BCUT2D eigenvalue weighted by Gasteiger charge is -2.28. The molecule has 1 aliphatic rings. The predicted molar refractivity (Wildman–Crippen MR) is 95.9 cm³/mol. The number of carbonyl (C=O) groups excluding carboxylic acids is 2. The Kier molecular flexibility index (Phi) is 4.83. The van der Waals surface area contributed by atoms with Gasteiger partial charge in [0, 0.05) is 18.3 Å². The molecule has 2 aromatic rings. The number of amides is 2. The van der Waals surface area contributed by atoms with Crippen LogP contribution in [-0.4, -0.2) is 11.8 Å². The lowest BCUT2D eigenvalue weighted by molar-refractivity contribution is -0.121. The van der Waals surface area contributed by atoms with E-state index in [-0.39, 0.29) is 17.6 Å². The highest BCUT2D eigenvalue weighted by molar-refractivity contribution is 5.99. The molecular formula is C20H21FN2O2. The van der Waals surface area contributed by atoms with Crippen molar-refractivity contribution in [3.63, 3.8) is 0 Å². The molecule has 0 aliphatic heterocycles. The van der Waals surface area contributed by atoms with E-state index >= 15 is 0 Å². The van der Waals surface area contributed by atoms with Crippen molar-refractivity contribution in [3.8, 4) is 0 Å². The number of rotatable bonds is 4. The van der Waals surface area contributed by atoms with Crippen LogP contribution < -0.4 is 10.6 Å². The molecule has 0 saturated heterocycles. The molecular weight excluding hydrogens is 319 g/mol. The molecule has 5 heteroatoms. The third-order valence-electron chi connectivity index (χ3n) is 4.73. The van der Waals surface area contributed by atoms with Crippen LogP contribution in [0.5, 0.6) is 0 Å². The number of hydrogen-bond donors (Lipinski definition) is 2. The van der Waals surface area contributed by atoms with E-state index in [9.17, 15) is 14.0 Å². The molecule has 0 spiro atoms. The number of anilines is 2. The van der Waals surface area contributed by atoms with Crippen LogP contribution in [0.15, 0.2) is 48.5 Å². The van der Waals surface area contributed by atoms with E-state index in [0.717, 1.165) is 18.4 Å². The van der Waals surface area contributed by atoms with E-state index in [1.807, 2.05) is 6.07 Å². The summed E-state index contributed by atoms with van der Waals surface area (Å²) < 4.78 is 13.7. The fraction of sp³-hybridized carbons (Fsp3) is 0.300. The maximum absolute atomic E-state index is 13.7. The van der Waals surface area contributed by atoms with E-state index in [1.165, 1.54) is 19.1 Å². The summed E-state index contributed by atoms with van der Waals surface area (Å²) in [5.74, 6) is -0.577. The van der Waals surface area contributed by atoms with Gasteiger partial charge in [-0.25, -0.2) is 4.39 Å². The van der Waals surface area contributed by atoms with Crippen LogP contribution in [-0.2, 0) is 15.0 Å². The third-order valence-corrected chi connectivity index (χ3v) is 4.73. The van der Waals surface area contributed by atoms with Crippen molar-refractivity contribution in [3.05, 3.63) is 59.9 Å². The predicted octanol–water partition coefficient (Wildman–Crippen LogP) is 4.23. The zero-order valence-electron chi connectivity index (χ0n) is 14.1. The molecule has 0 aromatic heterocycles. The summed E-state index contributed by atoms with van der Waals surface area (Å²) in [6.45, 7) is 1.44. The number of benzene rings is 2. The van der Waals surface area contributed by atoms with Gasteiger partial charge in [-0.3, -0.25) is 9.59 Å². The summed E-state index contributed by atoms with van der Waals surface area (Å²) >= 11 is 0. The van der Waals surface area contributed by atoms with Crippen LogP contribution in [0.3, 0.4) is 0 Å². The zero-order valence-corrected chi connectivity index (χ0v) is 14.1. The average molecular weight is 340 g/mol. The minimum absolute atomic E-state index is 0.108. The first-order chi connectivity index (χ1) is 12.0. The second kappa shape index (κ2) is 7.05. The Hall–Kier alpha value is -2.69. The Morgan fingerprint density at radius 3 is 2.12 bits per heavy atom. The van der Waals surface area contributed by atoms with E-state index in [2.05, 4.69) is 10.6 Å². The van der Waals surface area contributed by atoms with Crippen molar-refractivity contribution < 1.29 is 14.0 Å². The third kappa shape index (κ3) is 3.71. The Morgan fingerprint density at radius 1 is 0.960 bits per heavy atom. The molecule has 2 amide bonds. The van der Waals surface area contributed by atoms with Crippen molar-refractivity contribution in [1.82, 2.24) is 0 Å². The number of hydrogen-bond acceptors (Lipinski definition) is 2. The summed E-state index contributed by atoms with van der Waals surface area (Å²) in [5.41, 5.74) is 1.38. The smallest absolute Gasteiger partial charge is 0.235 e. The van der Waals surface area contributed by atoms with Crippen molar-refractivity contribution in [2.24, 2.45) is 0 Å². The quantitative estimate of drug-likeness (QED) is 0.875. The highest BCUT2D eigenvalue weighted by Crippen LogP contribution is 2.42. The van der Waals surface area contributed by atoms with Crippen LogP contribution in [0.2, 0.25) is 0 Å². The second-order valence-electron chi connectivity index (χ2n) is 6.51. The Bertz CT molecular complexity index is 781. The van der Waals surface area contributed by atoms with Gasteiger partial charge in [0.15, 0.2) is 0 Å². The first kappa shape index (κ1) is 17.1. The molecule has 0 radical (unpaired) electrons. The molecule has 1 fully saturated rings. The van der Waals surface area contributed by atoms with Gasteiger partial charge >= 0.3 is 0 Å². The van der Waals surface area contributed by atoms with Gasteiger partial charge in [0.1, 0.15) is 5.82 Å². The number of halogens is 1. The zero-order chi connectivity index (χ0) is 17.9. The van der Waals surface area contributed by atoms with Crippen LogP contribution in [0, 0.1) is 5.82 Å². The fourth-order valence-electron chi connectivity index (χ4n) is 3.50. The molecule has 0 heterocycles. The molecule has 0 bridgehead atoms. The summed E-state index contributed by atoms with van der Waals surface area (Å²) in [6, 6.07) is 13.3. The van der Waals surface area contributed by atoms with Gasteiger partial charge in [-0.1, -0.05) is 25.0 Å². The molecule has 25 heavy (non-hydrogen) atoms. The SMILES string of the molecule is CC(=O)Nc1ccc(NC(=O)C2(c3cccc(F)c3)CCCC2)cc1. The summed E-state index contributed by atoms with van der Waals surface area (Å²) in [4.78, 5) is 24.1. The van der Waals surface area contributed by atoms with Crippen molar-refractivity contribution in [2.45, 2.75) is 38.0 Å². The molecule has 2 aromatic carbocycles. The molecule has 0 unspecified atom stereocenters. The first-order valence-corrected chi connectivity index (χ1v) is 8.45. The maximum Gasteiger partial charge on any atom is 0.235 e. The molecule has 130 valence electrons. The highest BCUT2D eigenvalue weighted by atomic mass is 19.1. The normalized spacial score (nSPS) is 15.6. The van der Waals surface area contributed by atoms with Crippen molar-refractivity contribution >= 4 is 23.2 Å². The number of carbonyl (C=O) groups is 2. The van der Waals surface area contributed by atoms with E-state index in [0.29, 0.717) is 24.2 Å². The number of nitrogens with one attached hydrogen (secondary N) is 2. The van der Waals surface area contributed by atoms with Crippen LogP contribution in [0.25, 0.3) is 0 Å². The lowest BCUT2D eigenvalue weighted by Crippen LogP contribution is -2.38. The van der Waals surface area contributed by atoms with Crippen molar-refractivity contribution in [1.29, 1.82) is 0 Å². The second-order valence-corrected chi connectivity index (χ2v) is 6.51. The standard InChI is InChI=1S/C20H21FN2O2/c1-14(24)22-17-7-9-18(10-8-17)23-19(25)20(11-2-3-12-20)15-5-4-6-16(21)13-15/h4-10,13H,2-3,11-12H2,1H3,(H,22,24)(H,23,25). The van der Waals surface area contributed by atoms with E-state index in [4.69, 9.17) is 0 Å². The van der Waals surface area contributed by atoms with Crippen molar-refractivity contribution in [2.75, 3.05) is 10.6 Å². The van der Waals surface area contributed by atoms with Gasteiger partial charge < -0.3 is 10.6 Å². The van der Waals surface area contributed by atoms with Gasteiger partial charge in [0.25, 0.3) is 0 Å². The minimum atomic E-state index is -0.682. The summed E-state index contributed by atoms with van der Waals surface area (Å²) in [6.07, 6.45) is 3.33. The molecule has 4 nitrogen and oxygen atoms in total. The topological polar surface area (TPSA) is 58.2 Å². The van der Waals surface area contributed by atoms with Gasteiger partial charge in [0.2, 0.25) is 11.8 Å². The summed E-state index contributed by atoms with van der Waals surface area (Å²) in [7, 11) is 0. The Labute approximate surface area is 146 Å². The van der Waals surface area contributed by atoms with Gasteiger partial charge in [-0.15, -0.1) is 0 Å². The first-order valence-electron chi connectivity index (χ1n) is 8.45. The molecule has 2 N–H and O–H groups in total. The largest absolute Gasteiger partial charge is 0.326 e. The highest BCUT2D eigenvalue weighted by Gasteiger charge is 2.42. The van der Waals surface area contributed by atoms with Gasteiger partial charge in [0.05, 0.1) is 5.41 Å². The molecule has 1 saturated carbocycles. The average Bonchev–Trinajstić information content (AvgIpc) is 3.07. The van der Waals surface area contributed by atoms with E-state index in [1.54, 1.807) is 30.3 Å². The fourth-order valence-corrected chi connectivity index (χ4v) is 3.50. The van der Waals surface area contributed by atoms with Crippen LogP contribution in [0.4, 0.5) is 15.8 Å². The van der Waals surface area contributed by atoms with E-state index < -0.39 is 5.41 Å². The molecule has 1 aliphatic carbocycles. The van der Waals surface area contributed by atoms with Gasteiger partial charge in [-0.05, 0) is 54.8 Å². The molecule has 3 rings (SSSR count). The monoisotopic (exact) mass is 340 g/mol. The van der Waals surface area contributed by atoms with Gasteiger partial charge in [-0.2, -0.15) is 0 Å². The van der Waals surface area contributed by atoms with Crippen LogP contribution in [0.1, 0.15) is 38.2 Å². The van der Waals surface area contributed by atoms with Crippen LogP contribution >= 0.6 is 0 Å². The minimum Gasteiger partial charge on any atom is -0.326 e. The maximum atomic E-state index is 13.7. The Morgan fingerprint density at radius 2 is 1.56 bits per heavy atom. The molecule has 0 atom stereocenters.